The zero-order valence-electron chi connectivity index (χ0n) is 9.68. The molecule has 19 heavy (non-hydrogen) atoms. The summed E-state index contributed by atoms with van der Waals surface area (Å²) < 4.78 is 0.709. The van der Waals surface area contributed by atoms with Crippen molar-refractivity contribution in [1.29, 1.82) is 0 Å². The number of halogens is 1. The topological polar surface area (TPSA) is 102 Å². The molecule has 8 heteroatoms. The van der Waals surface area contributed by atoms with E-state index in [9.17, 15) is 14.4 Å². The molecule has 3 N–H and O–H groups in total. The van der Waals surface area contributed by atoms with Gasteiger partial charge in [0.1, 0.15) is 0 Å². The lowest BCUT2D eigenvalue weighted by Crippen LogP contribution is -2.34. The number of carbonyl (C=O) groups excluding carboxylic acids is 3. The quantitative estimate of drug-likeness (QED) is 0.470. The fourth-order valence-corrected chi connectivity index (χ4v) is 2.15. The van der Waals surface area contributed by atoms with Crippen LogP contribution in [-0.4, -0.2) is 29.2 Å². The molecular weight excluding hydrogens is 318 g/mol. The van der Waals surface area contributed by atoms with Crippen molar-refractivity contribution < 1.29 is 19.2 Å². The molecular formula is C11H10BrN3O4. The Balaban J connectivity index is 2.12. The Morgan fingerprint density at radius 2 is 2.00 bits per heavy atom. The molecule has 2 rings (SSSR count). The van der Waals surface area contributed by atoms with Crippen LogP contribution in [0.25, 0.3) is 0 Å². The highest BCUT2D eigenvalue weighted by Crippen LogP contribution is 2.26. The highest BCUT2D eigenvalue weighted by atomic mass is 79.9. The predicted molar refractivity (Wildman–Crippen MR) is 67.5 cm³/mol. The van der Waals surface area contributed by atoms with Crippen LogP contribution in [0.4, 0.5) is 0 Å². The average molecular weight is 328 g/mol. The minimum absolute atomic E-state index is 0.0511. The summed E-state index contributed by atoms with van der Waals surface area (Å²) in [6.07, 6.45) is -0.128. The summed E-state index contributed by atoms with van der Waals surface area (Å²) in [5.41, 5.74) is 2.40. The Labute approximate surface area is 116 Å². The maximum absolute atomic E-state index is 12.0. The van der Waals surface area contributed by atoms with E-state index in [0.717, 1.165) is 4.90 Å². The Kier molecular flexibility index (Phi) is 3.93. The van der Waals surface area contributed by atoms with Crippen LogP contribution >= 0.6 is 15.9 Å². The van der Waals surface area contributed by atoms with Gasteiger partial charge in [-0.25, -0.2) is 5.84 Å². The number of hydrazine groups is 1. The second kappa shape index (κ2) is 5.47. The fraction of sp³-hybridized carbons (Fsp3) is 0.182. The van der Waals surface area contributed by atoms with E-state index in [2.05, 4.69) is 20.8 Å². The van der Waals surface area contributed by atoms with Gasteiger partial charge in [0.15, 0.2) is 0 Å². The number of carbonyl (C=O) groups is 3. The summed E-state index contributed by atoms with van der Waals surface area (Å²) >= 11 is 3.24. The molecule has 7 nitrogen and oxygen atoms in total. The van der Waals surface area contributed by atoms with Crippen LogP contribution in [0.15, 0.2) is 22.7 Å². The van der Waals surface area contributed by atoms with Crippen molar-refractivity contribution in [3.8, 4) is 0 Å². The van der Waals surface area contributed by atoms with Gasteiger partial charge >= 0.3 is 5.97 Å². The summed E-state index contributed by atoms with van der Waals surface area (Å²) in [7, 11) is 0. The number of amides is 2. The summed E-state index contributed by atoms with van der Waals surface area (Å²) in [5, 5.41) is 0. The Morgan fingerprint density at radius 3 is 2.68 bits per heavy atom. The number of imide groups is 1. The molecule has 1 heterocycles. The van der Waals surface area contributed by atoms with E-state index >= 15 is 0 Å². The maximum Gasteiger partial charge on any atom is 0.328 e. The van der Waals surface area contributed by atoms with Gasteiger partial charge in [-0.15, -0.1) is 0 Å². The van der Waals surface area contributed by atoms with E-state index in [4.69, 9.17) is 5.84 Å². The monoisotopic (exact) mass is 327 g/mol. The van der Waals surface area contributed by atoms with Crippen LogP contribution in [0, 0.1) is 0 Å². The Hall–Kier alpha value is -1.77. The number of rotatable bonds is 4. The number of fused-ring (bicyclic) bond motifs is 1. The predicted octanol–water partition coefficient (Wildman–Crippen LogP) is 0.357. The lowest BCUT2D eigenvalue weighted by atomic mass is 10.1. The first kappa shape index (κ1) is 13.7. The van der Waals surface area contributed by atoms with Gasteiger partial charge < -0.3 is 4.84 Å². The van der Waals surface area contributed by atoms with Crippen LogP contribution in [0.3, 0.4) is 0 Å². The van der Waals surface area contributed by atoms with E-state index < -0.39 is 17.8 Å². The number of nitrogens with zero attached hydrogens (tertiary/aromatic N) is 1. The van der Waals surface area contributed by atoms with Crippen LogP contribution in [0.1, 0.15) is 27.1 Å². The van der Waals surface area contributed by atoms with Crippen LogP contribution in [0.5, 0.6) is 0 Å². The summed E-state index contributed by atoms with van der Waals surface area (Å²) in [6, 6.07) is 4.83. The molecule has 0 fully saturated rings. The van der Waals surface area contributed by atoms with Gasteiger partial charge in [-0.3, -0.25) is 19.3 Å². The molecule has 2 amide bonds. The van der Waals surface area contributed by atoms with Gasteiger partial charge in [-0.1, -0.05) is 21.5 Å². The van der Waals surface area contributed by atoms with E-state index in [1.807, 2.05) is 0 Å². The third-order valence-corrected chi connectivity index (χ3v) is 3.14. The van der Waals surface area contributed by atoms with Crippen molar-refractivity contribution in [3.05, 3.63) is 33.8 Å². The molecule has 1 aliphatic rings. The number of hydrogen-bond donors (Lipinski definition) is 2. The Morgan fingerprint density at radius 1 is 1.32 bits per heavy atom. The van der Waals surface area contributed by atoms with Gasteiger partial charge in [-0.05, 0) is 18.2 Å². The van der Waals surface area contributed by atoms with Crippen LogP contribution in [-0.2, 0) is 9.63 Å². The molecule has 1 aromatic carbocycles. The third-order valence-electron chi connectivity index (χ3n) is 2.65. The van der Waals surface area contributed by atoms with Crippen molar-refractivity contribution in [1.82, 2.24) is 10.5 Å². The summed E-state index contributed by atoms with van der Waals surface area (Å²) in [6.45, 7) is -0.0511. The summed E-state index contributed by atoms with van der Waals surface area (Å²) in [4.78, 5) is 40.4. The molecule has 0 saturated carbocycles. The summed E-state index contributed by atoms with van der Waals surface area (Å²) in [5.74, 6) is 3.32. The number of hydrogen-bond acceptors (Lipinski definition) is 6. The zero-order valence-corrected chi connectivity index (χ0v) is 11.3. The van der Waals surface area contributed by atoms with Gasteiger partial charge in [0.25, 0.3) is 11.8 Å². The molecule has 100 valence electrons. The van der Waals surface area contributed by atoms with Gasteiger partial charge in [0.05, 0.1) is 17.5 Å². The normalized spacial score (nSPS) is 13.7. The van der Waals surface area contributed by atoms with E-state index in [1.165, 1.54) is 0 Å². The molecule has 0 saturated heterocycles. The highest BCUT2D eigenvalue weighted by molar-refractivity contribution is 9.10. The molecule has 0 radical (unpaired) electrons. The molecule has 0 unspecified atom stereocenters. The lowest BCUT2D eigenvalue weighted by molar-refractivity contribution is -0.151. The highest BCUT2D eigenvalue weighted by Gasteiger charge is 2.35. The molecule has 0 aromatic heterocycles. The maximum atomic E-state index is 12.0. The molecule has 0 spiro atoms. The zero-order chi connectivity index (χ0) is 14.0. The first-order chi connectivity index (χ1) is 9.04. The van der Waals surface area contributed by atoms with E-state index in [0.29, 0.717) is 15.6 Å². The van der Waals surface area contributed by atoms with E-state index in [1.54, 1.807) is 23.8 Å². The SMILES string of the molecule is NNOC(=O)CCN1C(=O)c2ccc(Br)cc2C1=O. The largest absolute Gasteiger partial charge is 0.356 e. The standard InChI is InChI=1S/C11H10BrN3O4/c12-6-1-2-7-8(5-6)11(18)15(10(7)17)4-3-9(16)19-14-13/h1-2,5,14H,3-4,13H2. The first-order valence-corrected chi connectivity index (χ1v) is 6.15. The second-order valence-corrected chi connectivity index (χ2v) is 4.71. The number of nitrogens with two attached hydrogens (primary N) is 1. The van der Waals surface area contributed by atoms with E-state index in [-0.39, 0.29) is 13.0 Å². The van der Waals surface area contributed by atoms with Gasteiger partial charge in [0.2, 0.25) is 0 Å². The van der Waals surface area contributed by atoms with Crippen LogP contribution in [0.2, 0.25) is 0 Å². The van der Waals surface area contributed by atoms with Crippen molar-refractivity contribution in [2.75, 3.05) is 6.54 Å². The number of nitrogens with one attached hydrogen (secondary N) is 1. The molecule has 0 bridgehead atoms. The molecule has 1 aromatic rings. The molecule has 0 aliphatic carbocycles. The smallest absolute Gasteiger partial charge is 0.328 e. The minimum atomic E-state index is -0.653. The molecule has 1 aliphatic heterocycles. The van der Waals surface area contributed by atoms with Crippen molar-refractivity contribution in [2.24, 2.45) is 5.84 Å². The van der Waals surface area contributed by atoms with Crippen LogP contribution < -0.4 is 11.4 Å². The number of benzene rings is 1. The third kappa shape index (κ3) is 2.65. The van der Waals surface area contributed by atoms with Crippen molar-refractivity contribution in [3.63, 3.8) is 0 Å². The fourth-order valence-electron chi connectivity index (χ4n) is 1.79. The van der Waals surface area contributed by atoms with Crippen molar-refractivity contribution >= 4 is 33.7 Å². The van der Waals surface area contributed by atoms with Crippen molar-refractivity contribution in [2.45, 2.75) is 6.42 Å². The molecule has 0 atom stereocenters. The minimum Gasteiger partial charge on any atom is -0.356 e. The average Bonchev–Trinajstić information content (AvgIpc) is 2.60. The van der Waals surface area contributed by atoms with Gasteiger partial charge in [0, 0.05) is 11.0 Å². The Bertz CT molecular complexity index is 561. The second-order valence-electron chi connectivity index (χ2n) is 3.79. The lowest BCUT2D eigenvalue weighted by Gasteiger charge is -2.12. The van der Waals surface area contributed by atoms with Gasteiger partial charge in [-0.2, -0.15) is 0 Å². The first-order valence-electron chi connectivity index (χ1n) is 5.35.